The van der Waals surface area contributed by atoms with E-state index < -0.39 is 0 Å². The van der Waals surface area contributed by atoms with Crippen LogP contribution in [0.4, 0.5) is 10.8 Å². The molecule has 0 amide bonds. The molecule has 3 aromatic rings. The molecule has 0 spiro atoms. The van der Waals surface area contributed by atoms with Gasteiger partial charge in [-0.1, -0.05) is 56.3 Å². The lowest BCUT2D eigenvalue weighted by molar-refractivity contribution is 0.745. The molecule has 0 aliphatic carbocycles. The molecule has 0 saturated heterocycles. The minimum Gasteiger partial charge on any atom is -0.372 e. The normalized spacial score (nSPS) is 11.0. The molecule has 0 saturated carbocycles. The molecule has 1 heterocycles. The van der Waals surface area contributed by atoms with Gasteiger partial charge in [-0.2, -0.15) is 5.10 Å². The van der Waals surface area contributed by atoms with Crippen molar-refractivity contribution in [1.29, 1.82) is 0 Å². The number of benzene rings is 2. The van der Waals surface area contributed by atoms with Crippen LogP contribution in [0.15, 0.2) is 65.1 Å². The lowest BCUT2D eigenvalue weighted by Crippen LogP contribution is -2.24. The molecule has 0 fully saturated rings. The number of aromatic nitrogens is 1. The summed E-state index contributed by atoms with van der Waals surface area (Å²) in [6.07, 6.45) is 4.15. The monoisotopic (exact) mass is 378 g/mol. The molecule has 1 N–H and O–H groups in total. The molecular weight excluding hydrogens is 352 g/mol. The highest BCUT2D eigenvalue weighted by Crippen LogP contribution is 2.24. The summed E-state index contributed by atoms with van der Waals surface area (Å²) in [7, 11) is 0. The Hall–Kier alpha value is -2.66. The second-order valence-corrected chi connectivity index (χ2v) is 7.21. The molecule has 0 unspecified atom stereocenters. The number of hydrazone groups is 1. The summed E-state index contributed by atoms with van der Waals surface area (Å²) in [5.74, 6) is 0. The van der Waals surface area contributed by atoms with Crippen LogP contribution < -0.4 is 10.3 Å². The Morgan fingerprint density at radius 2 is 1.70 bits per heavy atom. The zero-order valence-electron chi connectivity index (χ0n) is 15.9. The highest BCUT2D eigenvalue weighted by molar-refractivity contribution is 7.14. The number of nitrogens with one attached hydrogen (secondary N) is 1. The molecule has 0 aliphatic rings. The predicted octanol–water partition coefficient (Wildman–Crippen LogP) is 5.88. The van der Waals surface area contributed by atoms with E-state index in [0.717, 1.165) is 47.9 Å². The zero-order valence-corrected chi connectivity index (χ0v) is 16.7. The van der Waals surface area contributed by atoms with Crippen LogP contribution in [0.1, 0.15) is 32.3 Å². The van der Waals surface area contributed by atoms with Gasteiger partial charge in [0.2, 0.25) is 5.13 Å². The second-order valence-electron chi connectivity index (χ2n) is 6.35. The van der Waals surface area contributed by atoms with E-state index >= 15 is 0 Å². The fourth-order valence-electron chi connectivity index (χ4n) is 2.91. The van der Waals surface area contributed by atoms with Gasteiger partial charge in [-0.05, 0) is 30.5 Å². The molecule has 0 bridgehead atoms. The fourth-order valence-corrected chi connectivity index (χ4v) is 3.58. The standard InChI is InChI=1S/C22H26N4S/c1-3-14-26(15-4-2)20-12-10-18(11-13-20)16-23-25-22-24-21(17-27-22)19-8-6-5-7-9-19/h5-13,16-17H,3-4,14-15H2,1-2H3,(H,24,25). The van der Waals surface area contributed by atoms with Gasteiger partial charge in [0.05, 0.1) is 11.9 Å². The van der Waals surface area contributed by atoms with E-state index in [1.165, 1.54) is 5.69 Å². The minimum atomic E-state index is 0.791. The van der Waals surface area contributed by atoms with Crippen molar-refractivity contribution in [1.82, 2.24) is 4.98 Å². The molecule has 5 heteroatoms. The maximum absolute atomic E-state index is 4.58. The Bertz CT molecular complexity index is 834. The smallest absolute Gasteiger partial charge is 0.203 e. The summed E-state index contributed by atoms with van der Waals surface area (Å²) in [6, 6.07) is 18.7. The van der Waals surface area contributed by atoms with E-state index in [0.29, 0.717) is 0 Å². The van der Waals surface area contributed by atoms with Crippen LogP contribution in [0.25, 0.3) is 11.3 Å². The fraction of sp³-hybridized carbons (Fsp3) is 0.273. The van der Waals surface area contributed by atoms with Gasteiger partial charge in [0.15, 0.2) is 0 Å². The Morgan fingerprint density at radius 3 is 2.37 bits per heavy atom. The molecule has 3 rings (SSSR count). The SMILES string of the molecule is CCCN(CCC)c1ccc(C=NNc2nc(-c3ccccc3)cs2)cc1. The molecule has 2 aromatic carbocycles. The van der Waals surface area contributed by atoms with Crippen LogP contribution in [0, 0.1) is 0 Å². The van der Waals surface area contributed by atoms with Crippen LogP contribution >= 0.6 is 11.3 Å². The van der Waals surface area contributed by atoms with E-state index in [1.54, 1.807) is 11.3 Å². The van der Waals surface area contributed by atoms with Crippen molar-refractivity contribution in [2.75, 3.05) is 23.4 Å². The summed E-state index contributed by atoms with van der Waals surface area (Å²) in [5.41, 5.74) is 7.45. The van der Waals surface area contributed by atoms with Crippen LogP contribution in [-0.2, 0) is 0 Å². The van der Waals surface area contributed by atoms with Crippen molar-refractivity contribution in [3.63, 3.8) is 0 Å². The Labute approximate surface area is 165 Å². The third-order valence-corrected chi connectivity index (χ3v) is 4.94. The lowest BCUT2D eigenvalue weighted by Gasteiger charge is -2.23. The summed E-state index contributed by atoms with van der Waals surface area (Å²) in [6.45, 7) is 6.63. The van der Waals surface area contributed by atoms with Crippen molar-refractivity contribution in [3.8, 4) is 11.3 Å². The van der Waals surface area contributed by atoms with Crippen molar-refractivity contribution < 1.29 is 0 Å². The van der Waals surface area contributed by atoms with Gasteiger partial charge in [0, 0.05) is 29.7 Å². The Morgan fingerprint density at radius 1 is 1.00 bits per heavy atom. The maximum Gasteiger partial charge on any atom is 0.203 e. The van der Waals surface area contributed by atoms with Crippen molar-refractivity contribution in [3.05, 3.63) is 65.5 Å². The summed E-state index contributed by atoms with van der Waals surface area (Å²) >= 11 is 1.55. The van der Waals surface area contributed by atoms with Gasteiger partial charge in [-0.3, -0.25) is 5.43 Å². The lowest BCUT2D eigenvalue weighted by atomic mass is 10.2. The van der Waals surface area contributed by atoms with Crippen LogP contribution in [-0.4, -0.2) is 24.3 Å². The topological polar surface area (TPSA) is 40.5 Å². The maximum atomic E-state index is 4.58. The molecule has 1 aromatic heterocycles. The molecule has 4 nitrogen and oxygen atoms in total. The van der Waals surface area contributed by atoms with Gasteiger partial charge >= 0.3 is 0 Å². The number of anilines is 2. The molecule has 0 radical (unpaired) electrons. The summed E-state index contributed by atoms with van der Waals surface area (Å²) < 4.78 is 0. The Balaban J connectivity index is 1.59. The minimum absolute atomic E-state index is 0.791. The predicted molar refractivity (Wildman–Crippen MR) is 118 cm³/mol. The van der Waals surface area contributed by atoms with Crippen LogP contribution in [0.3, 0.4) is 0 Å². The van der Waals surface area contributed by atoms with E-state index in [-0.39, 0.29) is 0 Å². The summed E-state index contributed by atoms with van der Waals surface area (Å²) in [5, 5.41) is 7.16. The number of hydrogen-bond acceptors (Lipinski definition) is 5. The van der Waals surface area contributed by atoms with Crippen LogP contribution in [0.2, 0.25) is 0 Å². The van der Waals surface area contributed by atoms with Crippen LogP contribution in [0.5, 0.6) is 0 Å². The van der Waals surface area contributed by atoms with Gasteiger partial charge in [-0.15, -0.1) is 11.3 Å². The van der Waals surface area contributed by atoms with Gasteiger partial charge < -0.3 is 4.90 Å². The first-order valence-corrected chi connectivity index (χ1v) is 10.3. The molecule has 140 valence electrons. The van der Waals surface area contributed by atoms with Gasteiger partial charge in [0.1, 0.15) is 0 Å². The van der Waals surface area contributed by atoms with E-state index in [4.69, 9.17) is 0 Å². The van der Waals surface area contributed by atoms with Gasteiger partial charge in [0.25, 0.3) is 0 Å². The molecule has 0 aliphatic heterocycles. The first kappa shape index (κ1) is 19.1. The third-order valence-electron chi connectivity index (χ3n) is 4.19. The van der Waals surface area contributed by atoms with E-state index in [2.05, 4.69) is 70.7 Å². The largest absolute Gasteiger partial charge is 0.372 e. The average Bonchev–Trinajstić information content (AvgIpc) is 3.18. The summed E-state index contributed by atoms with van der Waals surface area (Å²) in [4.78, 5) is 7.01. The first-order valence-electron chi connectivity index (χ1n) is 9.45. The van der Waals surface area contributed by atoms with E-state index in [1.807, 2.05) is 29.8 Å². The third kappa shape index (κ3) is 5.41. The first-order chi connectivity index (χ1) is 13.3. The number of nitrogens with zero attached hydrogens (tertiary/aromatic N) is 3. The highest BCUT2D eigenvalue weighted by Gasteiger charge is 2.04. The average molecular weight is 379 g/mol. The molecule has 0 atom stereocenters. The zero-order chi connectivity index (χ0) is 18.9. The quantitative estimate of drug-likeness (QED) is 0.373. The number of thiazole rings is 1. The highest BCUT2D eigenvalue weighted by atomic mass is 32.1. The number of rotatable bonds is 9. The van der Waals surface area contributed by atoms with Crippen molar-refractivity contribution >= 4 is 28.4 Å². The number of hydrogen-bond donors (Lipinski definition) is 1. The molecular formula is C22H26N4S. The van der Waals surface area contributed by atoms with Crippen molar-refractivity contribution in [2.24, 2.45) is 5.10 Å². The van der Waals surface area contributed by atoms with Gasteiger partial charge in [-0.25, -0.2) is 4.98 Å². The van der Waals surface area contributed by atoms with Crippen molar-refractivity contribution in [2.45, 2.75) is 26.7 Å². The second kappa shape index (κ2) is 9.88. The Kier molecular flexibility index (Phi) is 6.99. The van der Waals surface area contributed by atoms with E-state index in [9.17, 15) is 0 Å². The molecule has 27 heavy (non-hydrogen) atoms.